The average molecular weight is 215 g/mol. The highest BCUT2D eigenvalue weighted by Crippen LogP contribution is 2.21. The summed E-state index contributed by atoms with van der Waals surface area (Å²) < 4.78 is 0. The molecule has 1 aliphatic heterocycles. The Kier molecular flexibility index (Phi) is 3.79. The molecule has 1 heterocycles. The zero-order valence-corrected chi connectivity index (χ0v) is 10.3. The Balaban J connectivity index is 2.18. The normalized spacial score (nSPS) is 16.3. The van der Waals surface area contributed by atoms with Crippen LogP contribution in [-0.4, -0.2) is 13.1 Å². The van der Waals surface area contributed by atoms with Crippen LogP contribution in [0.4, 0.5) is 0 Å². The van der Waals surface area contributed by atoms with E-state index in [9.17, 15) is 0 Å². The third-order valence-corrected chi connectivity index (χ3v) is 3.01. The molecule has 1 aromatic rings. The maximum Gasteiger partial charge on any atom is 0.0140 e. The van der Waals surface area contributed by atoms with Gasteiger partial charge in [-0.05, 0) is 42.0 Å². The van der Waals surface area contributed by atoms with Gasteiger partial charge in [-0.15, -0.1) is 0 Å². The molecule has 0 fully saturated rings. The lowest BCUT2D eigenvalue weighted by molar-refractivity contribution is 0.647. The number of rotatable bonds is 3. The summed E-state index contributed by atoms with van der Waals surface area (Å²) in [5, 5.41) is 3.35. The van der Waals surface area contributed by atoms with Crippen LogP contribution < -0.4 is 5.32 Å². The fourth-order valence-corrected chi connectivity index (χ4v) is 2.25. The molecule has 1 N–H and O–H groups in total. The zero-order chi connectivity index (χ0) is 11.4. The van der Waals surface area contributed by atoms with Gasteiger partial charge in [-0.2, -0.15) is 0 Å². The minimum atomic E-state index is 0.734. The Labute approximate surface area is 98.6 Å². The number of hydrogen-bond donors (Lipinski definition) is 1. The Morgan fingerprint density at radius 2 is 2.19 bits per heavy atom. The maximum absolute atomic E-state index is 3.35. The molecule has 0 amide bonds. The molecule has 0 radical (unpaired) electrons. The van der Waals surface area contributed by atoms with Crippen LogP contribution in [0.1, 0.15) is 31.4 Å². The Morgan fingerprint density at radius 3 is 2.88 bits per heavy atom. The summed E-state index contributed by atoms with van der Waals surface area (Å²) >= 11 is 0. The summed E-state index contributed by atoms with van der Waals surface area (Å²) in [6, 6.07) is 9.03. The first kappa shape index (κ1) is 11.4. The van der Waals surface area contributed by atoms with E-state index in [0.29, 0.717) is 0 Å². The molecule has 0 spiro atoms. The second-order valence-electron chi connectivity index (χ2n) is 4.98. The van der Waals surface area contributed by atoms with Gasteiger partial charge in [0.25, 0.3) is 0 Å². The van der Waals surface area contributed by atoms with Crippen molar-refractivity contribution in [3.05, 3.63) is 41.5 Å². The lowest BCUT2D eigenvalue weighted by atomic mass is 9.95. The van der Waals surface area contributed by atoms with E-state index in [2.05, 4.69) is 49.5 Å². The molecule has 16 heavy (non-hydrogen) atoms. The van der Waals surface area contributed by atoms with E-state index in [1.807, 2.05) is 0 Å². The van der Waals surface area contributed by atoms with Crippen molar-refractivity contribution < 1.29 is 0 Å². The molecule has 2 rings (SSSR count). The van der Waals surface area contributed by atoms with Crippen molar-refractivity contribution in [2.24, 2.45) is 5.92 Å². The number of hydrogen-bond acceptors (Lipinski definition) is 1. The van der Waals surface area contributed by atoms with Gasteiger partial charge in [0.1, 0.15) is 0 Å². The van der Waals surface area contributed by atoms with Gasteiger partial charge in [-0.3, -0.25) is 0 Å². The number of nitrogens with one attached hydrogen (secondary N) is 1. The first-order valence-corrected chi connectivity index (χ1v) is 6.25. The van der Waals surface area contributed by atoms with E-state index < -0.39 is 0 Å². The van der Waals surface area contributed by atoms with Gasteiger partial charge in [0.15, 0.2) is 0 Å². The highest BCUT2D eigenvalue weighted by molar-refractivity contribution is 5.67. The molecular formula is C15H21N. The largest absolute Gasteiger partial charge is 0.313 e. The molecule has 1 aromatic carbocycles. The minimum absolute atomic E-state index is 0.734. The topological polar surface area (TPSA) is 12.0 Å². The lowest BCUT2D eigenvalue weighted by Crippen LogP contribution is -2.20. The summed E-state index contributed by atoms with van der Waals surface area (Å²) in [5.74, 6) is 0.734. The molecule has 0 unspecified atom stereocenters. The fraction of sp³-hybridized carbons (Fsp3) is 0.467. The van der Waals surface area contributed by atoms with E-state index >= 15 is 0 Å². The summed E-state index contributed by atoms with van der Waals surface area (Å²) in [7, 11) is 0. The molecular weight excluding hydrogens is 194 g/mol. The molecule has 0 aromatic heterocycles. The quantitative estimate of drug-likeness (QED) is 0.816. The molecule has 0 saturated carbocycles. The molecule has 1 heteroatoms. The van der Waals surface area contributed by atoms with Crippen molar-refractivity contribution >= 4 is 5.57 Å². The van der Waals surface area contributed by atoms with Crippen molar-refractivity contribution in [3.8, 4) is 0 Å². The second-order valence-corrected chi connectivity index (χ2v) is 4.98. The van der Waals surface area contributed by atoms with Gasteiger partial charge < -0.3 is 5.32 Å². The zero-order valence-electron chi connectivity index (χ0n) is 10.3. The van der Waals surface area contributed by atoms with Gasteiger partial charge in [-0.25, -0.2) is 0 Å². The Bertz CT molecular complexity index is 377. The van der Waals surface area contributed by atoms with Crippen LogP contribution in [0, 0.1) is 5.92 Å². The molecule has 1 nitrogen and oxygen atoms in total. The van der Waals surface area contributed by atoms with E-state index in [-0.39, 0.29) is 0 Å². The van der Waals surface area contributed by atoms with Gasteiger partial charge in [0, 0.05) is 6.54 Å². The summed E-state index contributed by atoms with van der Waals surface area (Å²) in [4.78, 5) is 0. The van der Waals surface area contributed by atoms with Gasteiger partial charge in [0.2, 0.25) is 0 Å². The van der Waals surface area contributed by atoms with E-state index in [1.54, 1.807) is 0 Å². The van der Waals surface area contributed by atoms with Crippen LogP contribution in [0.5, 0.6) is 0 Å². The number of benzene rings is 1. The van der Waals surface area contributed by atoms with Crippen LogP contribution in [0.25, 0.3) is 5.57 Å². The predicted octanol–water partition coefficient (Wildman–Crippen LogP) is 3.26. The van der Waals surface area contributed by atoms with Gasteiger partial charge >= 0.3 is 0 Å². The lowest BCUT2D eigenvalue weighted by Gasteiger charge is -2.15. The Morgan fingerprint density at radius 1 is 1.31 bits per heavy atom. The summed E-state index contributed by atoms with van der Waals surface area (Å²) in [5.41, 5.74) is 4.39. The van der Waals surface area contributed by atoms with Crippen molar-refractivity contribution in [2.45, 2.75) is 26.7 Å². The first-order valence-electron chi connectivity index (χ1n) is 6.25. The van der Waals surface area contributed by atoms with Crippen molar-refractivity contribution in [3.63, 3.8) is 0 Å². The minimum Gasteiger partial charge on any atom is -0.313 e. The van der Waals surface area contributed by atoms with E-state index in [0.717, 1.165) is 25.4 Å². The molecule has 0 atom stereocenters. The molecule has 86 valence electrons. The van der Waals surface area contributed by atoms with E-state index in [1.165, 1.54) is 23.1 Å². The third-order valence-electron chi connectivity index (χ3n) is 3.01. The van der Waals surface area contributed by atoms with Crippen LogP contribution in [0.2, 0.25) is 0 Å². The fourth-order valence-electron chi connectivity index (χ4n) is 2.25. The molecule has 0 saturated heterocycles. The highest BCUT2D eigenvalue weighted by Gasteiger charge is 2.06. The van der Waals surface area contributed by atoms with Crippen LogP contribution >= 0.6 is 0 Å². The standard InChI is InChI=1S/C15H21N/c1-12(2)10-13-4-3-5-15(11-13)14-6-8-16-9-7-14/h3-6,11-12,16H,7-10H2,1-2H3. The summed E-state index contributed by atoms with van der Waals surface area (Å²) in [6.07, 6.45) is 4.66. The third kappa shape index (κ3) is 2.96. The molecule has 1 aliphatic rings. The Hall–Kier alpha value is -1.08. The monoisotopic (exact) mass is 215 g/mol. The molecule has 0 bridgehead atoms. The average Bonchev–Trinajstić information content (AvgIpc) is 2.30. The van der Waals surface area contributed by atoms with Crippen LogP contribution in [-0.2, 0) is 6.42 Å². The van der Waals surface area contributed by atoms with Crippen LogP contribution in [0.3, 0.4) is 0 Å². The summed E-state index contributed by atoms with van der Waals surface area (Å²) in [6.45, 7) is 6.68. The second kappa shape index (κ2) is 5.31. The predicted molar refractivity (Wildman–Crippen MR) is 70.4 cm³/mol. The smallest absolute Gasteiger partial charge is 0.0140 e. The van der Waals surface area contributed by atoms with Crippen molar-refractivity contribution in [1.29, 1.82) is 0 Å². The first-order chi connectivity index (χ1) is 7.75. The van der Waals surface area contributed by atoms with Crippen molar-refractivity contribution in [1.82, 2.24) is 5.32 Å². The van der Waals surface area contributed by atoms with Crippen molar-refractivity contribution in [2.75, 3.05) is 13.1 Å². The highest BCUT2D eigenvalue weighted by atomic mass is 14.8. The van der Waals surface area contributed by atoms with E-state index in [4.69, 9.17) is 0 Å². The van der Waals surface area contributed by atoms with Gasteiger partial charge in [0.05, 0.1) is 0 Å². The molecule has 0 aliphatic carbocycles. The van der Waals surface area contributed by atoms with Crippen LogP contribution in [0.15, 0.2) is 30.3 Å². The maximum atomic E-state index is 3.35. The van der Waals surface area contributed by atoms with Gasteiger partial charge in [-0.1, -0.05) is 44.2 Å². The SMILES string of the molecule is CC(C)Cc1cccc(C2=CCNCC2)c1.